The number of carbonyl (C=O) groups is 2. The van der Waals surface area contributed by atoms with Crippen LogP contribution >= 0.6 is 0 Å². The van der Waals surface area contributed by atoms with Gasteiger partial charge in [-0.2, -0.15) is 0 Å². The number of ether oxygens (including phenoxy) is 1. The zero-order valence-corrected chi connectivity index (χ0v) is 15.0. The van der Waals surface area contributed by atoms with Crippen molar-refractivity contribution < 1.29 is 19.4 Å². The summed E-state index contributed by atoms with van der Waals surface area (Å²) in [5.74, 6) is 0.681. The van der Waals surface area contributed by atoms with Crippen molar-refractivity contribution in [3.63, 3.8) is 0 Å². The van der Waals surface area contributed by atoms with Crippen LogP contribution in [0.5, 0.6) is 5.75 Å². The molecule has 2 aliphatic rings. The molecule has 3 rings (SSSR count). The fraction of sp³-hybridized carbons (Fsp3) is 0.524. The number of aliphatic carboxylic acids is 1. The molecule has 4 atom stereocenters. The van der Waals surface area contributed by atoms with Gasteiger partial charge < -0.3 is 9.84 Å². The first-order chi connectivity index (χ1) is 11.9. The van der Waals surface area contributed by atoms with Crippen molar-refractivity contribution in [3.05, 3.63) is 41.5 Å². The number of rotatable bonds is 5. The topological polar surface area (TPSA) is 63.6 Å². The molecule has 0 aromatic heterocycles. The largest absolute Gasteiger partial charge is 0.497 e. The van der Waals surface area contributed by atoms with E-state index in [0.29, 0.717) is 24.3 Å². The number of carboxylic acids is 1. The van der Waals surface area contributed by atoms with Gasteiger partial charge in [0, 0.05) is 0 Å². The van der Waals surface area contributed by atoms with Crippen molar-refractivity contribution in [1.82, 2.24) is 0 Å². The summed E-state index contributed by atoms with van der Waals surface area (Å²) in [6.07, 6.45) is 4.62. The van der Waals surface area contributed by atoms with Gasteiger partial charge in [0.15, 0.2) is 0 Å². The molecule has 134 valence electrons. The molecule has 0 bridgehead atoms. The average Bonchev–Trinajstić information content (AvgIpc) is 2.62. The number of carboxylic acid groups (broad SMARTS) is 1. The molecular formula is C21H26O4. The minimum absolute atomic E-state index is 0.0586. The second-order valence-corrected chi connectivity index (χ2v) is 7.72. The number of aldehydes is 1. The van der Waals surface area contributed by atoms with Crippen molar-refractivity contribution in [2.75, 3.05) is 7.11 Å². The van der Waals surface area contributed by atoms with Gasteiger partial charge >= 0.3 is 5.97 Å². The van der Waals surface area contributed by atoms with Crippen LogP contribution in [-0.2, 0) is 16.0 Å². The number of benzene rings is 1. The number of aryl methyl sites for hydroxylation is 1. The molecule has 1 N–H and O–H groups in total. The highest BCUT2D eigenvalue weighted by molar-refractivity contribution is 5.76. The molecule has 0 heterocycles. The van der Waals surface area contributed by atoms with Gasteiger partial charge in [-0.1, -0.05) is 12.6 Å². The minimum Gasteiger partial charge on any atom is -0.497 e. The second kappa shape index (κ2) is 6.66. The molecule has 0 unspecified atom stereocenters. The highest BCUT2D eigenvalue weighted by Gasteiger charge is 2.52. The molecule has 0 saturated heterocycles. The second-order valence-electron chi connectivity index (χ2n) is 7.72. The standard InChI is InChI=1S/C21H26O4/c1-13(12-22)10-19-18-6-4-14-11-15(25-3)5-7-16(14)17(18)8-9-21(19,2)20(23)24/h5,7,11-12,17-19H,1,4,6,8-10H2,2-3H3,(H,23,24)/t17-,18-,19+,21+/m1/s1. The number of hydrogen-bond acceptors (Lipinski definition) is 3. The van der Waals surface area contributed by atoms with E-state index >= 15 is 0 Å². The summed E-state index contributed by atoms with van der Waals surface area (Å²) in [5, 5.41) is 9.87. The van der Waals surface area contributed by atoms with E-state index in [2.05, 4.69) is 18.7 Å². The number of allylic oxidation sites excluding steroid dienone is 1. The van der Waals surface area contributed by atoms with Crippen LogP contribution in [0.25, 0.3) is 0 Å². The Morgan fingerprint density at radius 1 is 1.44 bits per heavy atom. The van der Waals surface area contributed by atoms with Crippen LogP contribution in [0.3, 0.4) is 0 Å². The predicted octanol–water partition coefficient (Wildman–Crippen LogP) is 3.99. The Balaban J connectivity index is 1.98. The maximum Gasteiger partial charge on any atom is 0.309 e. The predicted molar refractivity (Wildman–Crippen MR) is 95.8 cm³/mol. The maximum atomic E-state index is 12.0. The smallest absolute Gasteiger partial charge is 0.309 e. The lowest BCUT2D eigenvalue weighted by atomic mass is 9.53. The van der Waals surface area contributed by atoms with Crippen molar-refractivity contribution in [2.45, 2.75) is 44.9 Å². The Labute approximate surface area is 148 Å². The van der Waals surface area contributed by atoms with E-state index in [1.165, 1.54) is 11.1 Å². The van der Waals surface area contributed by atoms with Gasteiger partial charge in [0.25, 0.3) is 0 Å². The van der Waals surface area contributed by atoms with Gasteiger partial charge in [-0.3, -0.25) is 9.59 Å². The SMILES string of the molecule is C=C(C=O)C[C@H]1[C@@H]2CCc3cc(OC)ccc3[C@H]2CC[C@]1(C)C(=O)O. The van der Waals surface area contributed by atoms with E-state index in [9.17, 15) is 14.7 Å². The highest BCUT2D eigenvalue weighted by Crippen LogP contribution is 2.56. The zero-order valence-electron chi connectivity index (χ0n) is 15.0. The Hall–Kier alpha value is -2.10. The Morgan fingerprint density at radius 3 is 2.84 bits per heavy atom. The molecule has 4 nitrogen and oxygen atoms in total. The van der Waals surface area contributed by atoms with Crippen molar-refractivity contribution in [1.29, 1.82) is 0 Å². The summed E-state index contributed by atoms with van der Waals surface area (Å²) >= 11 is 0. The highest BCUT2D eigenvalue weighted by atomic mass is 16.5. The lowest BCUT2D eigenvalue weighted by Gasteiger charge is -2.50. The van der Waals surface area contributed by atoms with Crippen LogP contribution < -0.4 is 4.74 Å². The van der Waals surface area contributed by atoms with E-state index in [1.807, 2.05) is 13.0 Å². The number of fused-ring (bicyclic) bond motifs is 3. The summed E-state index contributed by atoms with van der Waals surface area (Å²) in [6, 6.07) is 6.24. The van der Waals surface area contributed by atoms with Gasteiger partial charge in [0.2, 0.25) is 0 Å². The van der Waals surface area contributed by atoms with Crippen LogP contribution in [0.15, 0.2) is 30.4 Å². The fourth-order valence-corrected chi connectivity index (χ4v) is 4.98. The monoisotopic (exact) mass is 342 g/mol. The molecule has 4 heteroatoms. The molecule has 0 spiro atoms. The van der Waals surface area contributed by atoms with Gasteiger partial charge in [-0.25, -0.2) is 0 Å². The molecule has 1 fully saturated rings. The van der Waals surface area contributed by atoms with Crippen molar-refractivity contribution >= 4 is 12.3 Å². The van der Waals surface area contributed by atoms with E-state index < -0.39 is 11.4 Å². The molecule has 1 aromatic rings. The van der Waals surface area contributed by atoms with E-state index in [0.717, 1.165) is 31.3 Å². The molecule has 0 aliphatic heterocycles. The first-order valence-corrected chi connectivity index (χ1v) is 8.94. The van der Waals surface area contributed by atoms with E-state index in [4.69, 9.17) is 4.74 Å². The Bertz CT molecular complexity index is 708. The van der Waals surface area contributed by atoms with Crippen molar-refractivity contribution in [2.24, 2.45) is 17.3 Å². The normalized spacial score (nSPS) is 30.7. The zero-order chi connectivity index (χ0) is 18.2. The number of carbonyl (C=O) groups excluding carboxylic acids is 1. The van der Waals surface area contributed by atoms with Crippen LogP contribution in [0.2, 0.25) is 0 Å². The molecule has 1 aromatic carbocycles. The summed E-state index contributed by atoms with van der Waals surface area (Å²) in [4.78, 5) is 23.2. The van der Waals surface area contributed by atoms with Crippen LogP contribution in [0, 0.1) is 17.3 Å². The lowest BCUT2D eigenvalue weighted by molar-refractivity contribution is -0.156. The number of methoxy groups -OCH3 is 1. The molecule has 25 heavy (non-hydrogen) atoms. The van der Waals surface area contributed by atoms with Gasteiger partial charge in [-0.15, -0.1) is 0 Å². The van der Waals surface area contributed by atoms with Gasteiger partial charge in [0.05, 0.1) is 12.5 Å². The summed E-state index contributed by atoms with van der Waals surface area (Å²) in [7, 11) is 1.67. The third-order valence-corrected chi connectivity index (χ3v) is 6.46. The molecule has 2 aliphatic carbocycles. The molecule has 1 saturated carbocycles. The van der Waals surface area contributed by atoms with Crippen molar-refractivity contribution in [3.8, 4) is 5.75 Å². The summed E-state index contributed by atoms with van der Waals surface area (Å²) in [5.41, 5.74) is 2.34. The molecular weight excluding hydrogens is 316 g/mol. The first kappa shape index (κ1) is 17.7. The molecule has 0 amide bonds. The lowest BCUT2D eigenvalue weighted by Crippen LogP contribution is -2.47. The third kappa shape index (κ3) is 2.99. The van der Waals surface area contributed by atoms with Crippen LogP contribution in [0.1, 0.15) is 49.7 Å². The van der Waals surface area contributed by atoms with Gasteiger partial charge in [-0.05, 0) is 85.6 Å². The third-order valence-electron chi connectivity index (χ3n) is 6.46. The first-order valence-electron chi connectivity index (χ1n) is 8.94. The Kier molecular flexibility index (Phi) is 4.72. The Morgan fingerprint density at radius 2 is 2.20 bits per heavy atom. The van der Waals surface area contributed by atoms with E-state index in [-0.39, 0.29) is 11.8 Å². The van der Waals surface area contributed by atoms with Gasteiger partial charge in [0.1, 0.15) is 12.0 Å². The quantitative estimate of drug-likeness (QED) is 0.649. The maximum absolute atomic E-state index is 12.0. The summed E-state index contributed by atoms with van der Waals surface area (Å²) < 4.78 is 5.34. The minimum atomic E-state index is -0.795. The fourth-order valence-electron chi connectivity index (χ4n) is 4.98. The average molecular weight is 342 g/mol. The number of hydrogen-bond donors (Lipinski definition) is 1. The van der Waals surface area contributed by atoms with Crippen LogP contribution in [0.4, 0.5) is 0 Å². The summed E-state index contributed by atoms with van der Waals surface area (Å²) in [6.45, 7) is 5.66. The molecule has 0 radical (unpaired) electrons. The van der Waals surface area contributed by atoms with E-state index in [1.54, 1.807) is 7.11 Å². The van der Waals surface area contributed by atoms with Crippen LogP contribution in [-0.4, -0.2) is 24.5 Å².